The molecule has 116 valence electrons. The van der Waals surface area contributed by atoms with E-state index >= 15 is 0 Å². The van der Waals surface area contributed by atoms with Crippen LogP contribution >= 0.6 is 0 Å². The lowest BCUT2D eigenvalue weighted by molar-refractivity contribution is -0.387. The summed E-state index contributed by atoms with van der Waals surface area (Å²) in [7, 11) is -2.34. The summed E-state index contributed by atoms with van der Waals surface area (Å²) < 4.78 is 24.7. The monoisotopic (exact) mass is 314 g/mol. The summed E-state index contributed by atoms with van der Waals surface area (Å²) in [4.78, 5) is 12.5. The molecule has 21 heavy (non-hydrogen) atoms. The number of anilines is 1. The van der Waals surface area contributed by atoms with Crippen molar-refractivity contribution < 1.29 is 13.3 Å². The van der Waals surface area contributed by atoms with E-state index in [0.717, 1.165) is 19.3 Å². The predicted octanol–water partition coefficient (Wildman–Crippen LogP) is 1.32. The van der Waals surface area contributed by atoms with Gasteiger partial charge in [0.25, 0.3) is 15.7 Å². The van der Waals surface area contributed by atoms with E-state index in [-0.39, 0.29) is 4.90 Å². The molecule has 1 saturated heterocycles. The Morgan fingerprint density at radius 2 is 1.90 bits per heavy atom. The smallest absolute Gasteiger partial charge is 0.291 e. The van der Waals surface area contributed by atoms with E-state index in [0.29, 0.717) is 18.8 Å². The van der Waals surface area contributed by atoms with Crippen molar-refractivity contribution in [3.05, 3.63) is 28.3 Å². The topological polar surface area (TPSA) is 105 Å². The molecule has 2 rings (SSSR count). The molecule has 0 unspecified atom stereocenters. The maximum absolute atomic E-state index is 12.3. The molecule has 0 aromatic heterocycles. The van der Waals surface area contributed by atoms with Crippen LogP contribution in [-0.4, -0.2) is 38.5 Å². The third-order valence-corrected chi connectivity index (χ3v) is 4.76. The lowest BCUT2D eigenvalue weighted by atomic mass is 10.2. The lowest BCUT2D eigenvalue weighted by Gasteiger charge is -2.26. The van der Waals surface area contributed by atoms with Crippen LogP contribution in [0.4, 0.5) is 11.4 Å². The van der Waals surface area contributed by atoms with Crippen molar-refractivity contribution >= 4 is 21.4 Å². The molecule has 0 bridgehead atoms. The van der Waals surface area contributed by atoms with Crippen molar-refractivity contribution in [2.45, 2.75) is 24.2 Å². The number of hydrogen-bond acceptors (Lipinski definition) is 6. The van der Waals surface area contributed by atoms with E-state index in [2.05, 4.69) is 10.1 Å². The molecule has 1 fully saturated rings. The molecule has 1 aromatic rings. The second-order valence-corrected chi connectivity index (χ2v) is 6.46. The molecule has 1 aliphatic rings. The average Bonchev–Trinajstić information content (AvgIpc) is 2.47. The third-order valence-electron chi connectivity index (χ3n) is 3.34. The molecule has 0 saturated carbocycles. The quantitative estimate of drug-likeness (QED) is 0.627. The van der Waals surface area contributed by atoms with Crippen LogP contribution in [0, 0.1) is 10.1 Å². The van der Waals surface area contributed by atoms with Crippen molar-refractivity contribution in [1.82, 2.24) is 9.84 Å². The van der Waals surface area contributed by atoms with Gasteiger partial charge in [0, 0.05) is 31.9 Å². The normalized spacial score (nSPS) is 16.6. The highest BCUT2D eigenvalue weighted by atomic mass is 32.2. The van der Waals surface area contributed by atoms with Crippen molar-refractivity contribution in [1.29, 1.82) is 0 Å². The molecule has 0 aliphatic carbocycles. The number of rotatable bonds is 5. The van der Waals surface area contributed by atoms with E-state index in [4.69, 9.17) is 0 Å². The van der Waals surface area contributed by atoms with Gasteiger partial charge in [0.05, 0.1) is 4.92 Å². The van der Waals surface area contributed by atoms with Gasteiger partial charge in [0.15, 0.2) is 4.90 Å². The minimum Gasteiger partial charge on any atom is -0.388 e. The molecule has 9 heteroatoms. The second kappa shape index (κ2) is 6.37. The highest BCUT2D eigenvalue weighted by Gasteiger charge is 2.28. The summed E-state index contributed by atoms with van der Waals surface area (Å²) >= 11 is 0. The molecule has 1 aliphatic heterocycles. The number of nitrogens with one attached hydrogen (secondary N) is 2. The van der Waals surface area contributed by atoms with E-state index in [9.17, 15) is 18.5 Å². The molecule has 0 spiro atoms. The van der Waals surface area contributed by atoms with Gasteiger partial charge in [-0.1, -0.05) is 6.42 Å². The Bertz CT molecular complexity index is 626. The number of sulfonamides is 1. The largest absolute Gasteiger partial charge is 0.388 e. The summed E-state index contributed by atoms with van der Waals surface area (Å²) in [6, 6.07) is 3.96. The fraction of sp³-hybridized carbons (Fsp3) is 0.500. The number of hydrazine groups is 1. The van der Waals surface area contributed by atoms with Gasteiger partial charge in [-0.05, 0) is 25.0 Å². The number of piperidine rings is 1. The lowest BCUT2D eigenvalue weighted by Crippen LogP contribution is -2.45. The summed E-state index contributed by atoms with van der Waals surface area (Å²) in [6.45, 7) is 1.23. The van der Waals surface area contributed by atoms with Crippen LogP contribution in [0.2, 0.25) is 0 Å². The summed E-state index contributed by atoms with van der Waals surface area (Å²) in [5.74, 6) is 0. The van der Waals surface area contributed by atoms with Crippen LogP contribution in [0.25, 0.3) is 0 Å². The number of nitro benzene ring substituents is 1. The van der Waals surface area contributed by atoms with Crippen molar-refractivity contribution in [2.24, 2.45) is 0 Å². The Kier molecular flexibility index (Phi) is 4.76. The zero-order chi connectivity index (χ0) is 15.5. The van der Waals surface area contributed by atoms with E-state index in [1.807, 2.05) is 0 Å². The summed E-state index contributed by atoms with van der Waals surface area (Å²) in [5.41, 5.74) is 0.0463. The molecular weight excluding hydrogens is 296 g/mol. The zero-order valence-electron chi connectivity index (χ0n) is 11.7. The molecular formula is C12H18N4O4S. The fourth-order valence-corrected chi connectivity index (χ4v) is 3.52. The molecule has 1 aromatic carbocycles. The SMILES string of the molecule is CNc1ccc(S(=O)(=O)NN2CCCCC2)c([N+](=O)[O-])c1. The number of nitro groups is 1. The molecule has 0 radical (unpaired) electrons. The number of nitrogens with zero attached hydrogens (tertiary/aromatic N) is 2. The Balaban J connectivity index is 2.32. The minimum atomic E-state index is -3.95. The van der Waals surface area contributed by atoms with Crippen LogP contribution in [-0.2, 0) is 10.0 Å². The van der Waals surface area contributed by atoms with Gasteiger partial charge in [-0.15, -0.1) is 4.83 Å². The molecule has 2 N–H and O–H groups in total. The number of benzene rings is 1. The first-order valence-corrected chi connectivity index (χ1v) is 8.16. The Labute approximate surface area is 123 Å². The first-order chi connectivity index (χ1) is 9.94. The Morgan fingerprint density at radius 1 is 1.24 bits per heavy atom. The molecule has 8 nitrogen and oxygen atoms in total. The maximum atomic E-state index is 12.3. The fourth-order valence-electron chi connectivity index (χ4n) is 2.25. The minimum absolute atomic E-state index is 0.322. The van der Waals surface area contributed by atoms with Gasteiger partial charge >= 0.3 is 0 Å². The van der Waals surface area contributed by atoms with Gasteiger partial charge in [-0.2, -0.15) is 0 Å². The van der Waals surface area contributed by atoms with Crippen molar-refractivity contribution in [3.8, 4) is 0 Å². The molecule has 1 heterocycles. The van der Waals surface area contributed by atoms with Gasteiger partial charge in [0.2, 0.25) is 0 Å². The standard InChI is InChI=1S/C12H18N4O4S/c1-13-10-5-6-12(11(9-10)16(17)18)21(19,20)14-15-7-3-2-4-8-15/h5-6,9,13-14H,2-4,7-8H2,1H3. The van der Waals surface area contributed by atoms with E-state index in [1.165, 1.54) is 18.2 Å². The number of hydrogen-bond donors (Lipinski definition) is 2. The highest BCUT2D eigenvalue weighted by molar-refractivity contribution is 7.89. The van der Waals surface area contributed by atoms with Crippen LogP contribution in [0.5, 0.6) is 0 Å². The predicted molar refractivity (Wildman–Crippen MR) is 78.4 cm³/mol. The second-order valence-electron chi connectivity index (χ2n) is 4.83. The Morgan fingerprint density at radius 3 is 2.48 bits per heavy atom. The maximum Gasteiger partial charge on any atom is 0.291 e. The van der Waals surface area contributed by atoms with Crippen LogP contribution in [0.15, 0.2) is 23.1 Å². The van der Waals surface area contributed by atoms with Gasteiger partial charge < -0.3 is 5.32 Å². The zero-order valence-corrected chi connectivity index (χ0v) is 12.5. The van der Waals surface area contributed by atoms with E-state index in [1.54, 1.807) is 12.1 Å². The third kappa shape index (κ3) is 3.69. The van der Waals surface area contributed by atoms with Crippen LogP contribution in [0.1, 0.15) is 19.3 Å². The van der Waals surface area contributed by atoms with Crippen molar-refractivity contribution in [3.63, 3.8) is 0 Å². The van der Waals surface area contributed by atoms with Gasteiger partial charge in [-0.25, -0.2) is 13.4 Å². The van der Waals surface area contributed by atoms with Crippen LogP contribution in [0.3, 0.4) is 0 Å². The Hall–Kier alpha value is -1.71. The average molecular weight is 314 g/mol. The summed E-state index contributed by atoms with van der Waals surface area (Å²) in [5, 5.41) is 15.4. The van der Waals surface area contributed by atoms with Crippen LogP contribution < -0.4 is 10.1 Å². The molecule has 0 atom stereocenters. The van der Waals surface area contributed by atoms with Gasteiger partial charge in [0.1, 0.15) is 0 Å². The first-order valence-electron chi connectivity index (χ1n) is 6.67. The summed E-state index contributed by atoms with van der Waals surface area (Å²) in [6.07, 6.45) is 2.88. The van der Waals surface area contributed by atoms with Gasteiger partial charge in [-0.3, -0.25) is 10.1 Å². The highest BCUT2D eigenvalue weighted by Crippen LogP contribution is 2.27. The van der Waals surface area contributed by atoms with E-state index < -0.39 is 20.6 Å². The van der Waals surface area contributed by atoms with Crippen molar-refractivity contribution in [2.75, 3.05) is 25.5 Å². The first kappa shape index (κ1) is 15.7. The molecule has 0 amide bonds.